The van der Waals surface area contributed by atoms with Crippen LogP contribution in [0.2, 0.25) is 0 Å². The van der Waals surface area contributed by atoms with E-state index >= 15 is 0 Å². The molecule has 0 spiro atoms. The summed E-state index contributed by atoms with van der Waals surface area (Å²) in [5, 5.41) is 0. The molecule has 1 unspecified atom stereocenters. The average Bonchev–Trinajstić information content (AvgIpc) is 2.08. The molecule has 1 N–H and O–H groups in total. The molecule has 0 radical (unpaired) electrons. The molecule has 0 aliphatic heterocycles. The van der Waals surface area contributed by atoms with Gasteiger partial charge in [0.25, 0.3) is 0 Å². The fraction of sp³-hybridized carbons (Fsp3) is 0.333. The van der Waals surface area contributed by atoms with E-state index in [1.54, 1.807) is 12.1 Å². The maximum Gasteiger partial charge on any atom is 0.316 e. The van der Waals surface area contributed by atoms with Crippen LogP contribution in [0, 0.1) is 0 Å². The predicted molar refractivity (Wildman–Crippen MR) is 60.6 cm³/mol. The maximum absolute atomic E-state index is 10.6. The summed E-state index contributed by atoms with van der Waals surface area (Å²) in [6.45, 7) is 2.45. The number of ether oxygens (including phenoxy) is 1. The van der Waals surface area contributed by atoms with E-state index in [1.807, 2.05) is 19.1 Å². The van der Waals surface area contributed by atoms with Gasteiger partial charge in [-0.25, -0.2) is 4.21 Å². The van der Waals surface area contributed by atoms with Crippen molar-refractivity contribution in [2.45, 2.75) is 12.7 Å². The van der Waals surface area contributed by atoms with Crippen LogP contribution in [0.5, 0.6) is 5.75 Å². The van der Waals surface area contributed by atoms with Crippen molar-refractivity contribution in [1.82, 2.24) is 0 Å². The number of hydrogen-bond acceptors (Lipinski definition) is 2. The molecule has 1 rings (SSSR count). The quantitative estimate of drug-likeness (QED) is 0.613. The summed E-state index contributed by atoms with van der Waals surface area (Å²) >= 11 is -1.81. The molecular weight excluding hydrogens is 212 g/mol. The number of benzene rings is 1. The first-order chi connectivity index (χ1) is 6.24. The first-order valence-electron chi connectivity index (χ1n) is 4.02. The van der Waals surface area contributed by atoms with Crippen molar-refractivity contribution in [2.75, 3.05) is 6.61 Å². The van der Waals surface area contributed by atoms with Gasteiger partial charge in [0.1, 0.15) is 5.75 Å². The Hall–Kier alpha value is -0.104. The van der Waals surface area contributed by atoms with Gasteiger partial charge in [-0.1, -0.05) is 18.2 Å². The van der Waals surface area contributed by atoms with E-state index in [0.29, 0.717) is 12.4 Å². The minimum atomic E-state index is -1.81. The lowest BCUT2D eigenvalue weighted by atomic mass is 10.2. The molecule has 1 aromatic rings. The van der Waals surface area contributed by atoms with Crippen LogP contribution in [0.4, 0.5) is 0 Å². The molecular formula is C9H14MgO3S. The third-order valence-electron chi connectivity index (χ3n) is 1.55. The van der Waals surface area contributed by atoms with Gasteiger partial charge in [-0.3, -0.25) is 0 Å². The van der Waals surface area contributed by atoms with Crippen molar-refractivity contribution in [3.63, 3.8) is 0 Å². The SMILES string of the molecule is CCOc1ccccc1CS(=O)O.[MgH2]. The summed E-state index contributed by atoms with van der Waals surface area (Å²) in [5.74, 6) is 0.809. The van der Waals surface area contributed by atoms with Crippen molar-refractivity contribution in [1.29, 1.82) is 0 Å². The Balaban J connectivity index is 0.00000169. The molecule has 76 valence electrons. The summed E-state index contributed by atoms with van der Waals surface area (Å²) in [5.41, 5.74) is 0.769. The van der Waals surface area contributed by atoms with Crippen molar-refractivity contribution >= 4 is 34.1 Å². The molecule has 0 saturated carbocycles. The Morgan fingerprint density at radius 2 is 2.07 bits per heavy atom. The highest BCUT2D eigenvalue weighted by molar-refractivity contribution is 7.78. The third kappa shape index (κ3) is 4.41. The highest BCUT2D eigenvalue weighted by Crippen LogP contribution is 2.18. The summed E-state index contributed by atoms with van der Waals surface area (Å²) in [6, 6.07) is 7.25. The van der Waals surface area contributed by atoms with Crippen LogP contribution in [0.15, 0.2) is 24.3 Å². The molecule has 5 heteroatoms. The standard InChI is InChI=1S/C9H12O3S.Mg.2H/c1-2-12-9-6-4-3-5-8(9)7-13(10)11;;;/h3-6H,2,7H2,1H3,(H,10,11);;;. The largest absolute Gasteiger partial charge is 0.494 e. The Labute approximate surface area is 102 Å². The van der Waals surface area contributed by atoms with E-state index in [4.69, 9.17) is 9.29 Å². The lowest BCUT2D eigenvalue weighted by molar-refractivity contribution is 0.337. The third-order valence-corrected chi connectivity index (χ3v) is 2.11. The molecule has 1 atom stereocenters. The molecule has 3 nitrogen and oxygen atoms in total. The normalized spacial score (nSPS) is 11.6. The van der Waals surface area contributed by atoms with Gasteiger partial charge >= 0.3 is 23.1 Å². The van der Waals surface area contributed by atoms with Gasteiger partial charge in [0, 0.05) is 5.56 Å². The highest BCUT2D eigenvalue weighted by Gasteiger charge is 2.04. The number of rotatable bonds is 4. The zero-order valence-corrected chi connectivity index (χ0v) is 8.21. The van der Waals surface area contributed by atoms with Crippen molar-refractivity contribution in [3.8, 4) is 5.75 Å². The second-order valence-corrected chi connectivity index (χ2v) is 3.44. The van der Waals surface area contributed by atoms with Crippen LogP contribution in [0.3, 0.4) is 0 Å². The van der Waals surface area contributed by atoms with Gasteiger partial charge in [-0.15, -0.1) is 0 Å². The number of hydrogen-bond donors (Lipinski definition) is 1. The van der Waals surface area contributed by atoms with Crippen molar-refractivity contribution in [3.05, 3.63) is 29.8 Å². The minimum absolute atomic E-state index is 0. The topological polar surface area (TPSA) is 46.5 Å². The molecule has 1 aromatic carbocycles. The lowest BCUT2D eigenvalue weighted by Gasteiger charge is -2.07. The van der Waals surface area contributed by atoms with Gasteiger partial charge in [0.2, 0.25) is 0 Å². The summed E-state index contributed by atoms with van der Waals surface area (Å²) in [7, 11) is 0. The Kier molecular flexibility index (Phi) is 7.17. The molecule has 0 heterocycles. The van der Waals surface area contributed by atoms with Gasteiger partial charge in [0.15, 0.2) is 11.1 Å². The Morgan fingerprint density at radius 3 is 2.64 bits per heavy atom. The molecule has 0 bridgehead atoms. The molecule has 0 aliphatic rings. The van der Waals surface area contributed by atoms with Crippen LogP contribution in [0.1, 0.15) is 12.5 Å². The highest BCUT2D eigenvalue weighted by atomic mass is 32.2. The minimum Gasteiger partial charge on any atom is -0.494 e. The summed E-state index contributed by atoms with van der Waals surface area (Å²) < 4.78 is 24.6. The van der Waals surface area contributed by atoms with Gasteiger partial charge < -0.3 is 9.29 Å². The van der Waals surface area contributed by atoms with Crippen molar-refractivity contribution < 1.29 is 13.5 Å². The van der Waals surface area contributed by atoms with Crippen LogP contribution >= 0.6 is 0 Å². The zero-order chi connectivity index (χ0) is 9.68. The molecule has 0 fully saturated rings. The van der Waals surface area contributed by atoms with Gasteiger partial charge in [0.05, 0.1) is 12.4 Å². The van der Waals surface area contributed by atoms with Crippen LogP contribution in [-0.2, 0) is 16.8 Å². The first-order valence-corrected chi connectivity index (χ1v) is 5.29. The van der Waals surface area contributed by atoms with Crippen LogP contribution in [0.25, 0.3) is 0 Å². The van der Waals surface area contributed by atoms with E-state index in [2.05, 4.69) is 0 Å². The Morgan fingerprint density at radius 1 is 1.43 bits per heavy atom. The maximum atomic E-state index is 10.6. The fourth-order valence-electron chi connectivity index (χ4n) is 1.05. The average molecular weight is 227 g/mol. The second-order valence-electron chi connectivity index (χ2n) is 2.51. The van der Waals surface area contributed by atoms with E-state index in [9.17, 15) is 4.21 Å². The van der Waals surface area contributed by atoms with E-state index < -0.39 is 11.1 Å². The summed E-state index contributed by atoms with van der Waals surface area (Å²) in [6.07, 6.45) is 0. The van der Waals surface area contributed by atoms with Gasteiger partial charge in [-0.05, 0) is 13.0 Å². The molecule has 0 aromatic heterocycles. The monoisotopic (exact) mass is 226 g/mol. The van der Waals surface area contributed by atoms with Crippen molar-refractivity contribution in [2.24, 2.45) is 0 Å². The second kappa shape index (κ2) is 7.22. The zero-order valence-electron chi connectivity index (χ0n) is 7.40. The number of para-hydroxylation sites is 1. The predicted octanol–water partition coefficient (Wildman–Crippen LogP) is 0.891. The van der Waals surface area contributed by atoms with Crippen LogP contribution in [-0.4, -0.2) is 38.4 Å². The lowest BCUT2D eigenvalue weighted by Crippen LogP contribution is -1.99. The smallest absolute Gasteiger partial charge is 0.316 e. The summed E-state index contributed by atoms with van der Waals surface area (Å²) in [4.78, 5) is 0. The van der Waals surface area contributed by atoms with Crippen LogP contribution < -0.4 is 4.74 Å². The Bertz CT molecular complexity index is 304. The molecule has 14 heavy (non-hydrogen) atoms. The van der Waals surface area contributed by atoms with E-state index in [-0.39, 0.29) is 28.8 Å². The molecule has 0 saturated heterocycles. The van der Waals surface area contributed by atoms with Gasteiger partial charge in [-0.2, -0.15) is 0 Å². The molecule has 0 amide bonds. The fourth-order valence-corrected chi connectivity index (χ4v) is 1.56. The van der Waals surface area contributed by atoms with E-state index in [1.165, 1.54) is 0 Å². The van der Waals surface area contributed by atoms with E-state index in [0.717, 1.165) is 5.56 Å². The first kappa shape index (κ1) is 13.9. The molecule has 0 aliphatic carbocycles.